The minimum absolute atomic E-state index is 0.0768. The van der Waals surface area contributed by atoms with Gasteiger partial charge in [0.05, 0.1) is 5.69 Å². The Bertz CT molecular complexity index is 947. The Kier molecular flexibility index (Phi) is 5.41. The highest BCUT2D eigenvalue weighted by molar-refractivity contribution is 6.30. The van der Waals surface area contributed by atoms with Crippen LogP contribution in [0, 0.1) is 5.82 Å². The summed E-state index contributed by atoms with van der Waals surface area (Å²) >= 11 is 5.93. The molecule has 2 heterocycles. The normalized spacial score (nSPS) is 15.0. The molecule has 1 amide bonds. The highest BCUT2D eigenvalue weighted by Crippen LogP contribution is 2.15. The number of aromatic nitrogens is 2. The molecule has 0 atom stereocenters. The van der Waals surface area contributed by atoms with Gasteiger partial charge in [0, 0.05) is 43.9 Å². The molecular formula is C21H20ClFN4O. The van der Waals surface area contributed by atoms with Crippen molar-refractivity contribution in [1.29, 1.82) is 0 Å². The van der Waals surface area contributed by atoms with Gasteiger partial charge in [-0.25, -0.2) is 9.07 Å². The average molecular weight is 399 g/mol. The Morgan fingerprint density at radius 1 is 0.964 bits per heavy atom. The van der Waals surface area contributed by atoms with E-state index in [-0.39, 0.29) is 11.7 Å². The van der Waals surface area contributed by atoms with Crippen molar-refractivity contribution >= 4 is 17.5 Å². The molecule has 0 saturated carbocycles. The van der Waals surface area contributed by atoms with Gasteiger partial charge in [-0.15, -0.1) is 0 Å². The third-order valence-electron chi connectivity index (χ3n) is 4.88. The SMILES string of the molecule is O=C(c1ccn(-c2ccc(F)cc2)n1)N1CCN(Cc2ccc(Cl)cc2)CC1. The molecule has 7 heteroatoms. The van der Waals surface area contributed by atoms with Crippen molar-refractivity contribution in [3.8, 4) is 5.69 Å². The summed E-state index contributed by atoms with van der Waals surface area (Å²) < 4.78 is 14.7. The lowest BCUT2D eigenvalue weighted by molar-refractivity contribution is 0.0622. The van der Waals surface area contributed by atoms with Crippen molar-refractivity contribution in [1.82, 2.24) is 19.6 Å². The second-order valence-corrected chi connectivity index (χ2v) is 7.25. The van der Waals surface area contributed by atoms with Crippen LogP contribution in [0.5, 0.6) is 0 Å². The lowest BCUT2D eigenvalue weighted by Crippen LogP contribution is -2.48. The second kappa shape index (κ2) is 8.12. The monoisotopic (exact) mass is 398 g/mol. The zero-order valence-corrected chi connectivity index (χ0v) is 16.0. The van der Waals surface area contributed by atoms with Crippen LogP contribution in [0.3, 0.4) is 0 Å². The molecule has 0 unspecified atom stereocenters. The molecule has 1 aromatic heterocycles. The molecule has 0 bridgehead atoms. The smallest absolute Gasteiger partial charge is 0.274 e. The molecular weight excluding hydrogens is 379 g/mol. The van der Waals surface area contributed by atoms with E-state index in [1.54, 1.807) is 29.1 Å². The molecule has 0 aliphatic carbocycles. The third kappa shape index (κ3) is 4.24. The van der Waals surface area contributed by atoms with Gasteiger partial charge in [0.25, 0.3) is 5.91 Å². The van der Waals surface area contributed by atoms with E-state index in [1.807, 2.05) is 29.2 Å². The van der Waals surface area contributed by atoms with Crippen LogP contribution in [0.4, 0.5) is 4.39 Å². The Morgan fingerprint density at radius 2 is 1.64 bits per heavy atom. The van der Waals surface area contributed by atoms with Crippen LogP contribution in [0.2, 0.25) is 5.02 Å². The highest BCUT2D eigenvalue weighted by atomic mass is 35.5. The number of hydrogen-bond acceptors (Lipinski definition) is 3. The maximum absolute atomic E-state index is 13.1. The van der Waals surface area contributed by atoms with Crippen molar-refractivity contribution < 1.29 is 9.18 Å². The number of amides is 1. The molecule has 0 N–H and O–H groups in total. The predicted octanol–water partition coefficient (Wildman–Crippen LogP) is 3.62. The fourth-order valence-electron chi connectivity index (χ4n) is 3.29. The van der Waals surface area contributed by atoms with Crippen molar-refractivity contribution in [3.63, 3.8) is 0 Å². The molecule has 2 aromatic carbocycles. The summed E-state index contributed by atoms with van der Waals surface area (Å²) in [6.07, 6.45) is 1.72. The van der Waals surface area contributed by atoms with Crippen molar-refractivity contribution in [2.75, 3.05) is 26.2 Å². The molecule has 3 aromatic rings. The topological polar surface area (TPSA) is 41.4 Å². The molecule has 1 aliphatic heterocycles. The standard InChI is InChI=1S/C21H20ClFN4O/c22-17-3-1-16(2-4-17)15-25-11-13-26(14-12-25)21(28)20-9-10-27(24-20)19-7-5-18(23)6-8-19/h1-10H,11-15H2. The van der Waals surface area contributed by atoms with Crippen LogP contribution < -0.4 is 0 Å². The molecule has 1 fully saturated rings. The number of halogens is 2. The first-order chi connectivity index (χ1) is 13.6. The number of rotatable bonds is 4. The minimum Gasteiger partial charge on any atom is -0.335 e. The predicted molar refractivity (Wildman–Crippen MR) is 106 cm³/mol. The quantitative estimate of drug-likeness (QED) is 0.674. The molecule has 5 nitrogen and oxygen atoms in total. The van der Waals surface area contributed by atoms with E-state index in [2.05, 4.69) is 10.00 Å². The number of nitrogens with zero attached hydrogens (tertiary/aromatic N) is 4. The first-order valence-corrected chi connectivity index (χ1v) is 9.54. The fourth-order valence-corrected chi connectivity index (χ4v) is 3.42. The maximum Gasteiger partial charge on any atom is 0.274 e. The summed E-state index contributed by atoms with van der Waals surface area (Å²) in [5.41, 5.74) is 2.32. The highest BCUT2D eigenvalue weighted by Gasteiger charge is 2.23. The van der Waals surface area contributed by atoms with Gasteiger partial charge in [0.2, 0.25) is 0 Å². The van der Waals surface area contributed by atoms with E-state index in [9.17, 15) is 9.18 Å². The van der Waals surface area contributed by atoms with Gasteiger partial charge in [0.15, 0.2) is 5.69 Å². The largest absolute Gasteiger partial charge is 0.335 e. The maximum atomic E-state index is 13.1. The van der Waals surface area contributed by atoms with Gasteiger partial charge >= 0.3 is 0 Å². The van der Waals surface area contributed by atoms with Crippen LogP contribution in [0.1, 0.15) is 16.1 Å². The minimum atomic E-state index is -0.302. The lowest BCUT2D eigenvalue weighted by Gasteiger charge is -2.34. The van der Waals surface area contributed by atoms with Gasteiger partial charge in [-0.2, -0.15) is 5.10 Å². The zero-order valence-electron chi connectivity index (χ0n) is 15.3. The number of benzene rings is 2. The van der Waals surface area contributed by atoms with E-state index in [0.717, 1.165) is 24.7 Å². The summed E-state index contributed by atoms with van der Waals surface area (Å²) in [7, 11) is 0. The molecule has 1 saturated heterocycles. The number of carbonyl (C=O) groups excluding carboxylic acids is 1. The third-order valence-corrected chi connectivity index (χ3v) is 5.13. The molecule has 1 aliphatic rings. The van der Waals surface area contributed by atoms with Crippen LogP contribution in [0.15, 0.2) is 60.8 Å². The summed E-state index contributed by atoms with van der Waals surface area (Å²) in [4.78, 5) is 16.9. The van der Waals surface area contributed by atoms with Crippen LogP contribution in [-0.4, -0.2) is 51.7 Å². The summed E-state index contributed by atoms with van der Waals surface area (Å²) in [5, 5.41) is 5.09. The van der Waals surface area contributed by atoms with Gasteiger partial charge in [-0.05, 0) is 48.0 Å². The van der Waals surface area contributed by atoms with Crippen LogP contribution in [-0.2, 0) is 6.54 Å². The number of hydrogen-bond donors (Lipinski definition) is 0. The second-order valence-electron chi connectivity index (χ2n) is 6.82. The number of piperazine rings is 1. The number of carbonyl (C=O) groups is 1. The Labute approximate surface area is 167 Å². The van der Waals surface area contributed by atoms with Crippen molar-refractivity contribution in [2.24, 2.45) is 0 Å². The van der Waals surface area contributed by atoms with E-state index in [1.165, 1.54) is 17.7 Å². The van der Waals surface area contributed by atoms with Crippen molar-refractivity contribution in [3.05, 3.63) is 82.9 Å². The molecule has 0 radical (unpaired) electrons. The van der Waals surface area contributed by atoms with E-state index in [0.29, 0.717) is 24.5 Å². The first-order valence-electron chi connectivity index (χ1n) is 9.16. The summed E-state index contributed by atoms with van der Waals surface area (Å²) in [5.74, 6) is -0.379. The molecule has 144 valence electrons. The van der Waals surface area contributed by atoms with E-state index < -0.39 is 0 Å². The van der Waals surface area contributed by atoms with Crippen LogP contribution >= 0.6 is 11.6 Å². The van der Waals surface area contributed by atoms with E-state index >= 15 is 0 Å². The fraction of sp³-hybridized carbons (Fsp3) is 0.238. The Morgan fingerprint density at radius 3 is 2.32 bits per heavy atom. The van der Waals surface area contributed by atoms with E-state index in [4.69, 9.17) is 11.6 Å². The zero-order chi connectivity index (χ0) is 19.5. The average Bonchev–Trinajstić information content (AvgIpc) is 3.20. The molecule has 28 heavy (non-hydrogen) atoms. The molecule has 4 rings (SSSR count). The lowest BCUT2D eigenvalue weighted by atomic mass is 10.2. The van der Waals surface area contributed by atoms with Gasteiger partial charge < -0.3 is 4.90 Å². The van der Waals surface area contributed by atoms with Gasteiger partial charge in [-0.1, -0.05) is 23.7 Å². The first kappa shape index (κ1) is 18.7. The molecule has 0 spiro atoms. The van der Waals surface area contributed by atoms with Gasteiger partial charge in [-0.3, -0.25) is 9.69 Å². The summed E-state index contributed by atoms with van der Waals surface area (Å²) in [6.45, 7) is 3.80. The van der Waals surface area contributed by atoms with Crippen LogP contribution in [0.25, 0.3) is 5.69 Å². The Balaban J connectivity index is 1.35. The van der Waals surface area contributed by atoms with Gasteiger partial charge in [0.1, 0.15) is 5.82 Å². The summed E-state index contributed by atoms with van der Waals surface area (Å²) in [6, 6.07) is 15.6. The van der Waals surface area contributed by atoms with Crippen molar-refractivity contribution in [2.45, 2.75) is 6.54 Å². The Hall–Kier alpha value is -2.70.